The Morgan fingerprint density at radius 3 is 1.95 bits per heavy atom. The zero-order valence-electron chi connectivity index (χ0n) is 12.2. The summed E-state index contributed by atoms with van der Waals surface area (Å²) < 4.78 is 0. The molecule has 4 rings (SSSR count). The molecule has 0 unspecified atom stereocenters. The van der Waals surface area contributed by atoms with Crippen LogP contribution in [0, 0.1) is 6.07 Å². The first-order valence-electron chi connectivity index (χ1n) is 7.47. The summed E-state index contributed by atoms with van der Waals surface area (Å²) in [5, 5.41) is 2.49. The molecule has 22 heavy (non-hydrogen) atoms. The van der Waals surface area contributed by atoms with E-state index in [2.05, 4.69) is 78.9 Å². The Morgan fingerprint density at radius 1 is 0.545 bits per heavy atom. The van der Waals surface area contributed by atoms with Crippen LogP contribution in [0.15, 0.2) is 91.0 Å². The van der Waals surface area contributed by atoms with E-state index >= 15 is 0 Å². The van der Waals surface area contributed by atoms with Crippen molar-refractivity contribution in [1.82, 2.24) is 0 Å². The van der Waals surface area contributed by atoms with Crippen LogP contribution in [-0.2, 0) is 0 Å². The van der Waals surface area contributed by atoms with Gasteiger partial charge in [-0.1, -0.05) is 84.9 Å². The highest BCUT2D eigenvalue weighted by Crippen LogP contribution is 2.31. The van der Waals surface area contributed by atoms with E-state index in [0.717, 1.165) is 5.56 Å². The second kappa shape index (κ2) is 5.50. The molecule has 0 amide bonds. The Balaban J connectivity index is 1.90. The third kappa shape index (κ3) is 2.29. The second-order valence-electron chi connectivity index (χ2n) is 5.39. The summed E-state index contributed by atoms with van der Waals surface area (Å²) in [6.07, 6.45) is 0. The van der Waals surface area contributed by atoms with E-state index in [1.54, 1.807) is 0 Å². The average Bonchev–Trinajstić information content (AvgIpc) is 2.62. The lowest BCUT2D eigenvalue weighted by Crippen LogP contribution is -1.83. The Kier molecular flexibility index (Phi) is 3.21. The number of fused-ring (bicyclic) bond motifs is 1. The molecule has 0 aliphatic carbocycles. The van der Waals surface area contributed by atoms with Crippen LogP contribution in [0.5, 0.6) is 0 Å². The lowest BCUT2D eigenvalue weighted by Gasteiger charge is -2.09. The van der Waals surface area contributed by atoms with E-state index in [9.17, 15) is 0 Å². The van der Waals surface area contributed by atoms with Gasteiger partial charge in [-0.3, -0.25) is 0 Å². The van der Waals surface area contributed by atoms with Crippen molar-refractivity contribution in [3.8, 4) is 22.3 Å². The van der Waals surface area contributed by atoms with Crippen molar-refractivity contribution in [1.29, 1.82) is 0 Å². The first-order valence-corrected chi connectivity index (χ1v) is 7.47. The standard InChI is InChI=1S/C22H15/c1-3-8-17(9-4-1)19-14-15-22-20(16-19)12-7-13-21(22)18-10-5-2-6-11-18/h1-12,14-16H. The van der Waals surface area contributed by atoms with E-state index in [4.69, 9.17) is 0 Å². The van der Waals surface area contributed by atoms with Crippen molar-refractivity contribution in [3.63, 3.8) is 0 Å². The van der Waals surface area contributed by atoms with Crippen LogP contribution < -0.4 is 0 Å². The van der Waals surface area contributed by atoms with Crippen molar-refractivity contribution in [2.24, 2.45) is 0 Å². The molecule has 4 aromatic rings. The minimum Gasteiger partial charge on any atom is -0.0622 e. The summed E-state index contributed by atoms with van der Waals surface area (Å²) in [4.78, 5) is 0. The van der Waals surface area contributed by atoms with Gasteiger partial charge in [-0.15, -0.1) is 0 Å². The minimum atomic E-state index is 1.16. The molecule has 1 radical (unpaired) electrons. The fraction of sp³-hybridized carbons (Fsp3) is 0. The predicted molar refractivity (Wildman–Crippen MR) is 93.7 cm³/mol. The molecule has 0 heteroatoms. The van der Waals surface area contributed by atoms with E-state index in [-0.39, 0.29) is 0 Å². The largest absolute Gasteiger partial charge is 0.0622 e. The summed E-state index contributed by atoms with van der Waals surface area (Å²) in [7, 11) is 0. The molecule has 0 aliphatic heterocycles. The summed E-state index contributed by atoms with van der Waals surface area (Å²) in [5.41, 5.74) is 4.87. The summed E-state index contributed by atoms with van der Waals surface area (Å²) in [6.45, 7) is 0. The number of benzene rings is 4. The van der Waals surface area contributed by atoms with Crippen molar-refractivity contribution in [2.45, 2.75) is 0 Å². The SMILES string of the molecule is [c]1ccc2cc(-c3ccccc3)ccc2c1-c1ccccc1. The molecular weight excluding hydrogens is 264 g/mol. The highest BCUT2D eigenvalue weighted by molar-refractivity contribution is 5.98. The lowest BCUT2D eigenvalue weighted by atomic mass is 9.95. The Morgan fingerprint density at radius 2 is 1.23 bits per heavy atom. The van der Waals surface area contributed by atoms with Gasteiger partial charge in [0.25, 0.3) is 0 Å². The maximum atomic E-state index is 3.39. The molecule has 0 N–H and O–H groups in total. The number of hydrogen-bond donors (Lipinski definition) is 0. The summed E-state index contributed by atoms with van der Waals surface area (Å²) in [6, 6.07) is 35.1. The van der Waals surface area contributed by atoms with Gasteiger partial charge < -0.3 is 0 Å². The van der Waals surface area contributed by atoms with Crippen LogP contribution >= 0.6 is 0 Å². The van der Waals surface area contributed by atoms with Crippen LogP contribution in [0.3, 0.4) is 0 Å². The van der Waals surface area contributed by atoms with Gasteiger partial charge in [0.1, 0.15) is 0 Å². The molecule has 4 aromatic carbocycles. The van der Waals surface area contributed by atoms with E-state index < -0.39 is 0 Å². The van der Waals surface area contributed by atoms with Crippen LogP contribution in [-0.4, -0.2) is 0 Å². The van der Waals surface area contributed by atoms with Gasteiger partial charge in [-0.05, 0) is 45.2 Å². The average molecular weight is 279 g/mol. The highest BCUT2D eigenvalue weighted by atomic mass is 14.1. The predicted octanol–water partition coefficient (Wildman–Crippen LogP) is 5.97. The van der Waals surface area contributed by atoms with Gasteiger partial charge in [0.15, 0.2) is 0 Å². The zero-order chi connectivity index (χ0) is 14.8. The molecule has 0 saturated carbocycles. The molecule has 0 spiro atoms. The maximum absolute atomic E-state index is 3.39. The van der Waals surface area contributed by atoms with Crippen molar-refractivity contribution in [3.05, 3.63) is 97.1 Å². The van der Waals surface area contributed by atoms with E-state index in [0.29, 0.717) is 0 Å². The molecule has 103 valence electrons. The molecule has 0 heterocycles. The number of hydrogen-bond acceptors (Lipinski definition) is 0. The highest BCUT2D eigenvalue weighted by Gasteiger charge is 2.05. The Labute approximate surface area is 130 Å². The quantitative estimate of drug-likeness (QED) is 0.424. The first kappa shape index (κ1) is 12.8. The fourth-order valence-corrected chi connectivity index (χ4v) is 2.87. The molecule has 0 bridgehead atoms. The fourth-order valence-electron chi connectivity index (χ4n) is 2.87. The molecule has 0 atom stereocenters. The minimum absolute atomic E-state index is 1.16. The summed E-state index contributed by atoms with van der Waals surface area (Å²) in [5.74, 6) is 0. The molecule has 0 aliphatic rings. The summed E-state index contributed by atoms with van der Waals surface area (Å²) >= 11 is 0. The van der Waals surface area contributed by atoms with Gasteiger partial charge in [-0.25, -0.2) is 0 Å². The lowest BCUT2D eigenvalue weighted by molar-refractivity contribution is 1.62. The van der Waals surface area contributed by atoms with E-state index in [1.807, 2.05) is 18.2 Å². The van der Waals surface area contributed by atoms with Crippen LogP contribution in [0.1, 0.15) is 0 Å². The third-order valence-corrected chi connectivity index (χ3v) is 3.98. The van der Waals surface area contributed by atoms with Gasteiger partial charge in [0.05, 0.1) is 0 Å². The van der Waals surface area contributed by atoms with Gasteiger partial charge in [0.2, 0.25) is 0 Å². The zero-order valence-corrected chi connectivity index (χ0v) is 12.2. The van der Waals surface area contributed by atoms with Crippen LogP contribution in [0.4, 0.5) is 0 Å². The van der Waals surface area contributed by atoms with Crippen LogP contribution in [0.2, 0.25) is 0 Å². The first-order chi connectivity index (χ1) is 10.9. The molecule has 0 fully saturated rings. The maximum Gasteiger partial charge on any atom is -0.00266 e. The molecule has 0 saturated heterocycles. The Bertz CT molecular complexity index is 906. The second-order valence-corrected chi connectivity index (χ2v) is 5.39. The monoisotopic (exact) mass is 279 g/mol. The van der Waals surface area contributed by atoms with Crippen molar-refractivity contribution in [2.75, 3.05) is 0 Å². The van der Waals surface area contributed by atoms with Gasteiger partial charge >= 0.3 is 0 Å². The molecule has 0 aromatic heterocycles. The normalized spacial score (nSPS) is 10.7. The third-order valence-electron chi connectivity index (χ3n) is 3.98. The van der Waals surface area contributed by atoms with Crippen molar-refractivity contribution < 1.29 is 0 Å². The van der Waals surface area contributed by atoms with Crippen LogP contribution in [0.25, 0.3) is 33.0 Å². The smallest absolute Gasteiger partial charge is 0.00266 e. The van der Waals surface area contributed by atoms with Gasteiger partial charge in [0, 0.05) is 0 Å². The van der Waals surface area contributed by atoms with Crippen molar-refractivity contribution >= 4 is 10.8 Å². The topological polar surface area (TPSA) is 0 Å². The van der Waals surface area contributed by atoms with E-state index in [1.165, 1.54) is 27.5 Å². The van der Waals surface area contributed by atoms with Gasteiger partial charge in [-0.2, -0.15) is 0 Å². The Hall–Kier alpha value is -2.86. The molecular formula is C22H15. The molecule has 0 nitrogen and oxygen atoms in total. The number of rotatable bonds is 2.